The molecule has 0 amide bonds. The number of ether oxygens (including phenoxy) is 1. The molecule has 0 radical (unpaired) electrons. The maximum absolute atomic E-state index is 12.4. The maximum Gasteiger partial charge on any atom is 0.169 e. The minimum Gasteiger partial charge on any atom is -0.393 e. The summed E-state index contributed by atoms with van der Waals surface area (Å²) >= 11 is 0. The molecule has 0 spiro atoms. The highest BCUT2D eigenvalue weighted by Crippen LogP contribution is 2.61. The lowest BCUT2D eigenvalue weighted by molar-refractivity contribution is -0.213. The van der Waals surface area contributed by atoms with Gasteiger partial charge in [-0.2, -0.15) is 0 Å². The monoisotopic (exact) mass is 308 g/mol. The quantitative estimate of drug-likeness (QED) is 0.717. The summed E-state index contributed by atoms with van der Waals surface area (Å²) in [5.41, 5.74) is -0.363. The highest BCUT2D eigenvalue weighted by molar-refractivity contribution is 5.91. The Bertz CT molecular complexity index is 491. The van der Waals surface area contributed by atoms with Crippen molar-refractivity contribution in [2.75, 3.05) is 6.61 Å². The number of carbonyl (C=O) groups is 1. The van der Waals surface area contributed by atoms with E-state index in [9.17, 15) is 15.0 Å². The molecule has 8 atom stereocenters. The van der Waals surface area contributed by atoms with Crippen LogP contribution in [-0.4, -0.2) is 40.9 Å². The second kappa shape index (κ2) is 4.78. The summed E-state index contributed by atoms with van der Waals surface area (Å²) in [5, 5.41) is 20.1. The van der Waals surface area contributed by atoms with Crippen LogP contribution in [0.1, 0.15) is 52.4 Å². The van der Waals surface area contributed by atoms with Gasteiger partial charge in [0.05, 0.1) is 24.2 Å². The van der Waals surface area contributed by atoms with Crippen LogP contribution in [-0.2, 0) is 9.53 Å². The molecule has 0 aromatic carbocycles. The van der Waals surface area contributed by atoms with E-state index >= 15 is 0 Å². The zero-order chi connectivity index (χ0) is 15.7. The summed E-state index contributed by atoms with van der Waals surface area (Å²) in [6.45, 7) is 4.78. The fourth-order valence-corrected chi connectivity index (χ4v) is 6.24. The summed E-state index contributed by atoms with van der Waals surface area (Å²) in [5.74, 6) is 1.17. The van der Waals surface area contributed by atoms with Gasteiger partial charge in [-0.05, 0) is 61.7 Å². The topological polar surface area (TPSA) is 66.8 Å². The van der Waals surface area contributed by atoms with Crippen molar-refractivity contribution in [2.24, 2.45) is 28.6 Å². The average molecular weight is 308 g/mol. The molecule has 1 saturated heterocycles. The minimum absolute atomic E-state index is 0.0118. The molecule has 4 rings (SSSR count). The summed E-state index contributed by atoms with van der Waals surface area (Å²) in [6, 6.07) is 0. The lowest BCUT2D eigenvalue weighted by Gasteiger charge is -2.59. The summed E-state index contributed by atoms with van der Waals surface area (Å²) in [6.07, 6.45) is 4.82. The van der Waals surface area contributed by atoms with E-state index in [0.29, 0.717) is 24.9 Å². The number of hydrogen-bond acceptors (Lipinski definition) is 4. The molecule has 124 valence electrons. The van der Waals surface area contributed by atoms with Crippen molar-refractivity contribution >= 4 is 5.78 Å². The van der Waals surface area contributed by atoms with Crippen LogP contribution in [0.25, 0.3) is 0 Å². The van der Waals surface area contributed by atoms with Crippen molar-refractivity contribution in [2.45, 2.75) is 70.7 Å². The molecule has 22 heavy (non-hydrogen) atoms. The van der Waals surface area contributed by atoms with Crippen molar-refractivity contribution < 1.29 is 19.7 Å². The fraction of sp³-hybridized carbons (Fsp3) is 0.944. The molecule has 0 aromatic rings. The Hall–Kier alpha value is -0.450. The molecule has 3 aliphatic carbocycles. The number of aliphatic hydroxyl groups is 2. The van der Waals surface area contributed by atoms with Gasteiger partial charge >= 0.3 is 0 Å². The van der Waals surface area contributed by atoms with Crippen molar-refractivity contribution in [3.63, 3.8) is 0 Å². The molecule has 4 aliphatic rings. The Labute approximate surface area is 132 Å². The van der Waals surface area contributed by atoms with Crippen LogP contribution in [0.3, 0.4) is 0 Å². The molecular weight excluding hydrogens is 280 g/mol. The summed E-state index contributed by atoms with van der Waals surface area (Å²) < 4.78 is 6.31. The SMILES string of the molecule is C[C@]12CC[C@@H](O)C[C@H]1CC[C@@H]1[C@@H]2OC[C@]2(C)C(=O)[C@H](O)C[C@@H]12. The van der Waals surface area contributed by atoms with E-state index in [1.165, 1.54) is 0 Å². The van der Waals surface area contributed by atoms with Gasteiger partial charge in [0.1, 0.15) is 6.10 Å². The standard InChI is InChI=1S/C18H28O4/c1-17-6-5-11(19)7-10(17)3-4-12-13-8-14(20)15(21)18(13,2)9-22-16(12)17/h10-14,16,19-20H,3-9H2,1-2H3/t10-,11-,12+,13+,14-,16+,17+,18+/m1/s1. The van der Waals surface area contributed by atoms with E-state index in [-0.39, 0.29) is 29.3 Å². The molecule has 4 heteroatoms. The van der Waals surface area contributed by atoms with Gasteiger partial charge in [-0.3, -0.25) is 4.79 Å². The lowest BCUT2D eigenvalue weighted by Crippen LogP contribution is -2.59. The van der Waals surface area contributed by atoms with Crippen LogP contribution < -0.4 is 0 Å². The van der Waals surface area contributed by atoms with Gasteiger partial charge in [0, 0.05) is 0 Å². The van der Waals surface area contributed by atoms with Crippen LogP contribution >= 0.6 is 0 Å². The van der Waals surface area contributed by atoms with Crippen molar-refractivity contribution in [3.05, 3.63) is 0 Å². The van der Waals surface area contributed by atoms with E-state index < -0.39 is 11.5 Å². The number of aliphatic hydroxyl groups excluding tert-OH is 2. The van der Waals surface area contributed by atoms with Crippen LogP contribution in [0.2, 0.25) is 0 Å². The predicted molar refractivity (Wildman–Crippen MR) is 81.1 cm³/mol. The van der Waals surface area contributed by atoms with Crippen LogP contribution in [0, 0.1) is 28.6 Å². The zero-order valence-electron chi connectivity index (χ0n) is 13.6. The Balaban J connectivity index is 1.64. The van der Waals surface area contributed by atoms with E-state index in [1.54, 1.807) is 0 Å². The fourth-order valence-electron chi connectivity index (χ4n) is 6.24. The van der Waals surface area contributed by atoms with Gasteiger partial charge in [-0.1, -0.05) is 13.8 Å². The van der Waals surface area contributed by atoms with Crippen LogP contribution in [0.15, 0.2) is 0 Å². The number of ketones is 1. The first kappa shape index (κ1) is 15.1. The zero-order valence-corrected chi connectivity index (χ0v) is 13.6. The average Bonchev–Trinajstić information content (AvgIpc) is 2.72. The molecule has 1 heterocycles. The number of carbonyl (C=O) groups excluding carboxylic acids is 1. The number of Topliss-reactive ketones (excluding diaryl/α,β-unsaturated/α-hetero) is 1. The highest BCUT2D eigenvalue weighted by Gasteiger charge is 2.63. The number of fused-ring (bicyclic) bond motifs is 5. The van der Waals surface area contributed by atoms with Gasteiger partial charge in [-0.15, -0.1) is 0 Å². The Morgan fingerprint density at radius 1 is 1.14 bits per heavy atom. The Morgan fingerprint density at radius 2 is 1.91 bits per heavy atom. The number of hydrogen-bond donors (Lipinski definition) is 2. The molecule has 4 fully saturated rings. The van der Waals surface area contributed by atoms with Crippen molar-refractivity contribution in [1.29, 1.82) is 0 Å². The molecule has 2 N–H and O–H groups in total. The Kier molecular flexibility index (Phi) is 3.28. The van der Waals surface area contributed by atoms with Gasteiger partial charge < -0.3 is 14.9 Å². The highest BCUT2D eigenvalue weighted by atomic mass is 16.5. The molecule has 3 saturated carbocycles. The van der Waals surface area contributed by atoms with E-state index in [1.807, 2.05) is 6.92 Å². The predicted octanol–water partition coefficient (Wildman–Crippen LogP) is 1.92. The largest absolute Gasteiger partial charge is 0.393 e. The first-order chi connectivity index (χ1) is 10.4. The van der Waals surface area contributed by atoms with E-state index in [2.05, 4.69) is 6.92 Å². The lowest BCUT2D eigenvalue weighted by atomic mass is 9.51. The molecule has 1 aliphatic heterocycles. The molecule has 4 nitrogen and oxygen atoms in total. The van der Waals surface area contributed by atoms with Gasteiger partial charge in [0.15, 0.2) is 5.78 Å². The van der Waals surface area contributed by atoms with Gasteiger partial charge in [0.2, 0.25) is 0 Å². The van der Waals surface area contributed by atoms with Crippen molar-refractivity contribution in [1.82, 2.24) is 0 Å². The minimum atomic E-state index is -0.795. The maximum atomic E-state index is 12.4. The molecule has 0 aromatic heterocycles. The first-order valence-corrected chi connectivity index (χ1v) is 8.88. The third kappa shape index (κ3) is 1.83. The summed E-state index contributed by atoms with van der Waals surface area (Å²) in [7, 11) is 0. The van der Waals surface area contributed by atoms with Crippen LogP contribution in [0.4, 0.5) is 0 Å². The third-order valence-corrected chi connectivity index (χ3v) is 7.63. The molecule has 0 bridgehead atoms. The van der Waals surface area contributed by atoms with E-state index in [0.717, 1.165) is 32.1 Å². The van der Waals surface area contributed by atoms with Crippen LogP contribution in [0.5, 0.6) is 0 Å². The third-order valence-electron chi connectivity index (χ3n) is 7.63. The Morgan fingerprint density at radius 3 is 2.68 bits per heavy atom. The first-order valence-electron chi connectivity index (χ1n) is 8.88. The molecular formula is C18H28O4. The summed E-state index contributed by atoms with van der Waals surface area (Å²) in [4.78, 5) is 12.4. The normalized spacial score (nSPS) is 57.9. The molecule has 0 unspecified atom stereocenters. The van der Waals surface area contributed by atoms with Gasteiger partial charge in [0.25, 0.3) is 0 Å². The van der Waals surface area contributed by atoms with Gasteiger partial charge in [-0.25, -0.2) is 0 Å². The smallest absolute Gasteiger partial charge is 0.169 e. The number of rotatable bonds is 0. The van der Waals surface area contributed by atoms with Crippen molar-refractivity contribution in [3.8, 4) is 0 Å². The van der Waals surface area contributed by atoms with E-state index in [4.69, 9.17) is 4.74 Å². The second-order valence-corrected chi connectivity index (χ2v) is 8.74. The second-order valence-electron chi connectivity index (χ2n) is 8.74.